The van der Waals surface area contributed by atoms with Gasteiger partial charge in [-0.2, -0.15) is 5.10 Å². The second kappa shape index (κ2) is 8.47. The van der Waals surface area contributed by atoms with Gasteiger partial charge in [-0.25, -0.2) is 4.68 Å². The highest BCUT2D eigenvalue weighted by Crippen LogP contribution is 2.23. The first-order valence-electron chi connectivity index (χ1n) is 9.39. The smallest absolute Gasteiger partial charge is 0.268 e. The third kappa shape index (κ3) is 5.04. The number of aromatic nitrogens is 2. The lowest BCUT2D eigenvalue weighted by Crippen LogP contribution is -2.39. The summed E-state index contributed by atoms with van der Waals surface area (Å²) in [6.45, 7) is 5.77. The Hall–Kier alpha value is -1.89. The van der Waals surface area contributed by atoms with Gasteiger partial charge in [0.25, 0.3) is 5.56 Å². The second-order valence-electron chi connectivity index (χ2n) is 7.23. The van der Waals surface area contributed by atoms with Crippen LogP contribution in [0.1, 0.15) is 32.1 Å². The van der Waals surface area contributed by atoms with E-state index in [0.717, 1.165) is 57.8 Å². The molecular weight excluding hydrogens is 318 g/mol. The number of nitrogens with one attached hydrogen (secondary N) is 1. The molecule has 2 aliphatic heterocycles. The standard InChI is InChI=1S/C18H29N5O2/c1-21-18(25)12-16(13-20-21)23-9-4-5-15(14-23)11-17(24)19-6-10-22-7-2-3-8-22/h12-13,15H,2-11,14H2,1H3,(H,19,24). The Morgan fingerprint density at radius 3 is 2.84 bits per heavy atom. The maximum absolute atomic E-state index is 12.2. The van der Waals surface area contributed by atoms with E-state index in [1.165, 1.54) is 17.5 Å². The summed E-state index contributed by atoms with van der Waals surface area (Å²) < 4.78 is 1.33. The Labute approximate surface area is 149 Å². The normalized spacial score (nSPS) is 21.5. The highest BCUT2D eigenvalue weighted by atomic mass is 16.1. The van der Waals surface area contributed by atoms with E-state index in [0.29, 0.717) is 12.3 Å². The molecule has 0 bridgehead atoms. The lowest BCUT2D eigenvalue weighted by Gasteiger charge is -2.33. The van der Waals surface area contributed by atoms with Crippen molar-refractivity contribution in [2.45, 2.75) is 32.1 Å². The SMILES string of the molecule is Cn1ncc(N2CCCC(CC(=O)NCCN3CCCC3)C2)cc1=O. The number of hydrogen-bond donors (Lipinski definition) is 1. The van der Waals surface area contributed by atoms with Crippen molar-refractivity contribution < 1.29 is 4.79 Å². The number of rotatable bonds is 6. The van der Waals surface area contributed by atoms with Crippen LogP contribution in [-0.4, -0.2) is 59.9 Å². The molecule has 0 spiro atoms. The number of nitrogens with zero attached hydrogens (tertiary/aromatic N) is 4. The fraction of sp³-hybridized carbons (Fsp3) is 0.722. The molecule has 0 radical (unpaired) electrons. The number of carbonyl (C=O) groups is 1. The first-order valence-corrected chi connectivity index (χ1v) is 9.39. The van der Waals surface area contributed by atoms with Gasteiger partial charge in [-0.05, 0) is 44.7 Å². The van der Waals surface area contributed by atoms with Crippen molar-refractivity contribution in [3.8, 4) is 0 Å². The molecule has 2 saturated heterocycles. The Balaban J connectivity index is 1.45. The number of piperidine rings is 1. The summed E-state index contributed by atoms with van der Waals surface area (Å²) in [4.78, 5) is 28.6. The topological polar surface area (TPSA) is 70.5 Å². The van der Waals surface area contributed by atoms with Crippen molar-refractivity contribution in [2.75, 3.05) is 44.2 Å². The molecule has 3 heterocycles. The Morgan fingerprint density at radius 2 is 2.08 bits per heavy atom. The van der Waals surface area contributed by atoms with E-state index in [9.17, 15) is 9.59 Å². The molecule has 1 atom stereocenters. The Bertz CT molecular complexity index is 639. The van der Waals surface area contributed by atoms with Gasteiger partial charge in [0, 0.05) is 45.7 Å². The zero-order valence-corrected chi connectivity index (χ0v) is 15.1. The van der Waals surface area contributed by atoms with E-state index in [1.54, 1.807) is 19.3 Å². The van der Waals surface area contributed by atoms with Crippen molar-refractivity contribution in [2.24, 2.45) is 13.0 Å². The summed E-state index contributed by atoms with van der Waals surface area (Å²) >= 11 is 0. The molecule has 7 nitrogen and oxygen atoms in total. The van der Waals surface area contributed by atoms with Crippen molar-refractivity contribution in [3.05, 3.63) is 22.6 Å². The zero-order chi connectivity index (χ0) is 17.6. The maximum Gasteiger partial charge on any atom is 0.268 e. The van der Waals surface area contributed by atoms with E-state index >= 15 is 0 Å². The highest BCUT2D eigenvalue weighted by molar-refractivity contribution is 5.76. The summed E-state index contributed by atoms with van der Waals surface area (Å²) in [7, 11) is 1.65. The number of anilines is 1. The van der Waals surface area contributed by atoms with Crippen LogP contribution in [0, 0.1) is 5.92 Å². The number of aryl methyl sites for hydroxylation is 1. The van der Waals surface area contributed by atoms with Gasteiger partial charge in [-0.3, -0.25) is 9.59 Å². The Morgan fingerprint density at radius 1 is 1.28 bits per heavy atom. The molecule has 1 aromatic rings. The minimum Gasteiger partial charge on any atom is -0.370 e. The molecule has 0 saturated carbocycles. The largest absolute Gasteiger partial charge is 0.370 e. The lowest BCUT2D eigenvalue weighted by molar-refractivity contribution is -0.122. The van der Waals surface area contributed by atoms with Gasteiger partial charge < -0.3 is 15.1 Å². The number of amides is 1. The molecule has 2 aliphatic rings. The molecule has 1 amide bonds. The monoisotopic (exact) mass is 347 g/mol. The van der Waals surface area contributed by atoms with Crippen LogP contribution in [0.15, 0.2) is 17.1 Å². The van der Waals surface area contributed by atoms with E-state index in [1.807, 2.05) is 0 Å². The summed E-state index contributed by atoms with van der Waals surface area (Å²) in [5.41, 5.74) is 0.765. The van der Waals surface area contributed by atoms with E-state index in [2.05, 4.69) is 20.2 Å². The highest BCUT2D eigenvalue weighted by Gasteiger charge is 2.23. The fourth-order valence-electron chi connectivity index (χ4n) is 3.79. The van der Waals surface area contributed by atoms with Gasteiger partial charge in [0.05, 0.1) is 11.9 Å². The van der Waals surface area contributed by atoms with Gasteiger partial charge in [-0.1, -0.05) is 0 Å². The quantitative estimate of drug-likeness (QED) is 0.816. The van der Waals surface area contributed by atoms with Crippen LogP contribution in [-0.2, 0) is 11.8 Å². The van der Waals surface area contributed by atoms with Crippen molar-refractivity contribution in [1.29, 1.82) is 0 Å². The Kier molecular flexibility index (Phi) is 6.07. The lowest BCUT2D eigenvalue weighted by atomic mass is 9.94. The van der Waals surface area contributed by atoms with E-state index in [-0.39, 0.29) is 11.5 Å². The van der Waals surface area contributed by atoms with Crippen LogP contribution < -0.4 is 15.8 Å². The van der Waals surface area contributed by atoms with Gasteiger partial charge in [0.1, 0.15) is 0 Å². The molecule has 138 valence electrons. The van der Waals surface area contributed by atoms with Crippen LogP contribution in [0.5, 0.6) is 0 Å². The van der Waals surface area contributed by atoms with Crippen molar-refractivity contribution in [1.82, 2.24) is 20.0 Å². The molecular formula is C18H29N5O2. The summed E-state index contributed by atoms with van der Waals surface area (Å²) in [6, 6.07) is 1.63. The second-order valence-corrected chi connectivity index (χ2v) is 7.23. The molecule has 1 N–H and O–H groups in total. The zero-order valence-electron chi connectivity index (χ0n) is 15.1. The van der Waals surface area contributed by atoms with Gasteiger partial charge in [0.2, 0.25) is 5.91 Å². The van der Waals surface area contributed by atoms with Crippen LogP contribution in [0.2, 0.25) is 0 Å². The molecule has 1 aromatic heterocycles. The minimum absolute atomic E-state index is 0.0979. The molecule has 0 aromatic carbocycles. The molecule has 2 fully saturated rings. The maximum atomic E-state index is 12.2. The number of carbonyl (C=O) groups excluding carboxylic acids is 1. The molecule has 3 rings (SSSR count). The summed E-state index contributed by atoms with van der Waals surface area (Å²) in [5, 5.41) is 7.16. The van der Waals surface area contributed by atoms with Gasteiger partial charge >= 0.3 is 0 Å². The van der Waals surface area contributed by atoms with Crippen LogP contribution in [0.4, 0.5) is 5.69 Å². The van der Waals surface area contributed by atoms with E-state index < -0.39 is 0 Å². The molecule has 0 aliphatic carbocycles. The van der Waals surface area contributed by atoms with Crippen molar-refractivity contribution in [3.63, 3.8) is 0 Å². The minimum atomic E-state index is -0.0979. The van der Waals surface area contributed by atoms with Crippen LogP contribution in [0.25, 0.3) is 0 Å². The predicted molar refractivity (Wildman–Crippen MR) is 97.7 cm³/mol. The summed E-state index contributed by atoms with van der Waals surface area (Å²) in [6.07, 6.45) is 6.97. The van der Waals surface area contributed by atoms with Gasteiger partial charge in [-0.15, -0.1) is 0 Å². The average molecular weight is 347 g/mol. The van der Waals surface area contributed by atoms with Crippen molar-refractivity contribution >= 4 is 11.6 Å². The summed E-state index contributed by atoms with van der Waals surface area (Å²) in [5.74, 6) is 0.484. The predicted octanol–water partition coefficient (Wildman–Crippen LogP) is 0.599. The fourth-order valence-corrected chi connectivity index (χ4v) is 3.79. The third-order valence-electron chi connectivity index (χ3n) is 5.26. The molecule has 1 unspecified atom stereocenters. The molecule has 25 heavy (non-hydrogen) atoms. The average Bonchev–Trinajstić information content (AvgIpc) is 3.11. The molecule has 7 heteroatoms. The van der Waals surface area contributed by atoms with Crippen LogP contribution >= 0.6 is 0 Å². The number of hydrogen-bond acceptors (Lipinski definition) is 5. The third-order valence-corrected chi connectivity index (χ3v) is 5.26. The number of likely N-dealkylation sites (tertiary alicyclic amines) is 1. The first-order chi connectivity index (χ1) is 12.1. The van der Waals surface area contributed by atoms with E-state index in [4.69, 9.17) is 0 Å². The van der Waals surface area contributed by atoms with Gasteiger partial charge in [0.15, 0.2) is 0 Å². The van der Waals surface area contributed by atoms with Crippen LogP contribution in [0.3, 0.4) is 0 Å². The first kappa shape index (κ1) is 17.9.